The van der Waals surface area contributed by atoms with Gasteiger partial charge in [-0.15, -0.1) is 0 Å². The highest BCUT2D eigenvalue weighted by molar-refractivity contribution is 5.71. The van der Waals surface area contributed by atoms with Crippen molar-refractivity contribution in [2.24, 2.45) is 0 Å². The molecule has 0 aromatic carbocycles. The number of carbonyl (C=O) groups is 3. The minimum Gasteiger partial charge on any atom is -0.462 e. The molecule has 0 aromatic rings. The second kappa shape index (κ2) is 69.0. The van der Waals surface area contributed by atoms with Gasteiger partial charge in [-0.1, -0.05) is 280 Å². The summed E-state index contributed by atoms with van der Waals surface area (Å²) < 4.78 is 16.8. The molecule has 0 bridgehead atoms. The lowest BCUT2D eigenvalue weighted by Gasteiger charge is -2.18. The molecule has 0 aliphatic rings. The average molecular weight is 1140 g/mol. The molecule has 0 aliphatic carbocycles. The van der Waals surface area contributed by atoms with E-state index in [1.54, 1.807) is 0 Å². The Morgan fingerprint density at radius 2 is 0.494 bits per heavy atom. The van der Waals surface area contributed by atoms with E-state index in [0.29, 0.717) is 19.3 Å². The number of carbonyl (C=O) groups excluding carboxylic acids is 3. The topological polar surface area (TPSA) is 78.9 Å². The Labute approximate surface area is 510 Å². The van der Waals surface area contributed by atoms with Crippen LogP contribution in [0.5, 0.6) is 0 Å². The van der Waals surface area contributed by atoms with Crippen LogP contribution in [0.15, 0.2) is 182 Å². The molecule has 83 heavy (non-hydrogen) atoms. The van der Waals surface area contributed by atoms with Crippen molar-refractivity contribution in [1.82, 2.24) is 0 Å². The van der Waals surface area contributed by atoms with Crippen LogP contribution in [-0.4, -0.2) is 37.2 Å². The summed E-state index contributed by atoms with van der Waals surface area (Å²) in [6.07, 6.45) is 104. The number of unbranched alkanes of at least 4 members (excludes halogenated alkanes) is 17. The summed E-state index contributed by atoms with van der Waals surface area (Å²) in [5.41, 5.74) is 0. The van der Waals surface area contributed by atoms with Gasteiger partial charge in [0.1, 0.15) is 13.2 Å². The Morgan fingerprint density at radius 3 is 0.819 bits per heavy atom. The van der Waals surface area contributed by atoms with Crippen LogP contribution in [-0.2, 0) is 28.6 Å². The van der Waals surface area contributed by atoms with Gasteiger partial charge in [0.15, 0.2) is 6.10 Å². The minimum atomic E-state index is -0.830. The molecule has 0 spiro atoms. The fourth-order valence-electron chi connectivity index (χ4n) is 8.48. The maximum absolute atomic E-state index is 12.9. The molecule has 0 N–H and O–H groups in total. The number of hydrogen-bond donors (Lipinski definition) is 0. The van der Waals surface area contributed by atoms with E-state index in [0.717, 1.165) is 141 Å². The lowest BCUT2D eigenvalue weighted by atomic mass is 10.1. The Hall–Kier alpha value is -5.49. The molecule has 0 saturated heterocycles. The van der Waals surface area contributed by atoms with Crippen molar-refractivity contribution in [1.29, 1.82) is 0 Å². The molecule has 0 aromatic heterocycles. The van der Waals surface area contributed by atoms with E-state index >= 15 is 0 Å². The monoisotopic (exact) mass is 1140 g/mol. The van der Waals surface area contributed by atoms with Gasteiger partial charge < -0.3 is 14.2 Å². The molecule has 0 saturated carbocycles. The molecular weight excluding hydrogens is 1020 g/mol. The SMILES string of the molecule is CC/C=C\C/C=C\C/C=C\C/C=C\C/C=C\C/C=C\C/C=C\C/C=C\C/C=C\C/C=C\CCCCCCC(=O)OCC(COC(=O)CC/C=C\C/C=C\C/C=C\C/C=C\CC)OC(=O)CCCCCCCCC/C=C\CCCCCCCC. The Morgan fingerprint density at radius 1 is 0.253 bits per heavy atom. The molecule has 0 fully saturated rings. The molecule has 0 heterocycles. The van der Waals surface area contributed by atoms with Crippen molar-refractivity contribution in [3.8, 4) is 0 Å². The van der Waals surface area contributed by atoms with Crippen LogP contribution in [0.3, 0.4) is 0 Å². The molecular formula is C77H120O6. The Bertz CT molecular complexity index is 1940. The van der Waals surface area contributed by atoms with Gasteiger partial charge in [0.05, 0.1) is 0 Å². The number of rotatable bonds is 58. The molecule has 0 radical (unpaired) electrons. The van der Waals surface area contributed by atoms with Gasteiger partial charge in [0.2, 0.25) is 0 Å². The minimum absolute atomic E-state index is 0.123. The quantitative estimate of drug-likeness (QED) is 0.0261. The summed E-state index contributed by atoms with van der Waals surface area (Å²) in [4.78, 5) is 38.2. The predicted molar refractivity (Wildman–Crippen MR) is 361 cm³/mol. The highest BCUT2D eigenvalue weighted by Crippen LogP contribution is 2.14. The maximum Gasteiger partial charge on any atom is 0.306 e. The van der Waals surface area contributed by atoms with E-state index in [-0.39, 0.29) is 37.5 Å². The normalized spacial score (nSPS) is 13.3. The molecule has 1 atom stereocenters. The first-order valence-corrected chi connectivity index (χ1v) is 33.3. The smallest absolute Gasteiger partial charge is 0.306 e. The fraction of sp³-hybridized carbons (Fsp3) is 0.571. The maximum atomic E-state index is 12.9. The third kappa shape index (κ3) is 67.2. The van der Waals surface area contributed by atoms with Gasteiger partial charge >= 0.3 is 17.9 Å². The van der Waals surface area contributed by atoms with Crippen LogP contribution in [0.2, 0.25) is 0 Å². The number of allylic oxidation sites excluding steroid dienone is 30. The number of esters is 3. The van der Waals surface area contributed by atoms with Gasteiger partial charge in [-0.3, -0.25) is 14.4 Å². The van der Waals surface area contributed by atoms with Crippen LogP contribution in [0, 0.1) is 0 Å². The standard InChI is InChI=1S/C77H120O6/c1-4-7-10-13-16-19-22-25-27-29-30-31-32-33-34-35-36-37-38-39-40-41-42-43-44-45-46-48-49-52-55-58-61-64-67-70-76(79)82-73-74(72-81-75(78)69-66-63-60-57-54-51-24-21-18-15-12-9-6-3)83-77(80)71-68-65-62-59-56-53-50-47-28-26-23-20-17-14-11-8-5-2/h7,9-10,12,16,18-19,21,25-28,30-31,33-34,36-37,39-40,42-43,45-46,49,51-52,54,60,63,74H,4-6,8,11,13-15,17,20,22-24,29,32,35,38,41,44,47-48,50,53,55-59,61-62,64-73H2,1-3H3/b10-7-,12-9-,19-16-,21-18-,27-25-,28-26-,31-30-,34-33-,37-36-,40-39-,43-42-,46-45-,52-49-,54-51-,63-60-. The van der Waals surface area contributed by atoms with E-state index in [1.807, 2.05) is 12.2 Å². The summed E-state index contributed by atoms with van der Waals surface area (Å²) in [7, 11) is 0. The van der Waals surface area contributed by atoms with Crippen LogP contribution >= 0.6 is 0 Å². The second-order valence-corrected chi connectivity index (χ2v) is 21.3. The fourth-order valence-corrected chi connectivity index (χ4v) is 8.48. The van der Waals surface area contributed by atoms with Gasteiger partial charge in [0, 0.05) is 19.3 Å². The largest absolute Gasteiger partial charge is 0.462 e. The number of ether oxygens (including phenoxy) is 3. The molecule has 6 nitrogen and oxygen atoms in total. The van der Waals surface area contributed by atoms with E-state index in [9.17, 15) is 14.4 Å². The zero-order valence-corrected chi connectivity index (χ0v) is 53.1. The van der Waals surface area contributed by atoms with Crippen LogP contribution in [0.25, 0.3) is 0 Å². The van der Waals surface area contributed by atoms with Gasteiger partial charge in [-0.25, -0.2) is 0 Å². The second-order valence-electron chi connectivity index (χ2n) is 21.3. The Balaban J connectivity index is 4.39. The summed E-state index contributed by atoms with van der Waals surface area (Å²) in [6, 6.07) is 0. The summed E-state index contributed by atoms with van der Waals surface area (Å²) in [5.74, 6) is -1.04. The third-order valence-electron chi connectivity index (χ3n) is 13.4. The van der Waals surface area contributed by atoms with Crippen molar-refractivity contribution >= 4 is 17.9 Å². The van der Waals surface area contributed by atoms with Crippen LogP contribution < -0.4 is 0 Å². The van der Waals surface area contributed by atoms with Gasteiger partial charge in [-0.05, 0) is 148 Å². The number of hydrogen-bond acceptors (Lipinski definition) is 6. The molecule has 0 aliphatic heterocycles. The first kappa shape index (κ1) is 77.5. The first-order valence-electron chi connectivity index (χ1n) is 33.3. The van der Waals surface area contributed by atoms with Gasteiger partial charge in [0.25, 0.3) is 0 Å². The van der Waals surface area contributed by atoms with E-state index < -0.39 is 6.10 Å². The zero-order chi connectivity index (χ0) is 59.9. The predicted octanol–water partition coefficient (Wildman–Crippen LogP) is 23.2. The highest BCUT2D eigenvalue weighted by Gasteiger charge is 2.19. The Kier molecular flexibility index (Phi) is 64.4. The third-order valence-corrected chi connectivity index (χ3v) is 13.4. The van der Waals surface area contributed by atoms with Crippen molar-refractivity contribution in [3.63, 3.8) is 0 Å². The van der Waals surface area contributed by atoms with E-state index in [2.05, 4.69) is 191 Å². The molecule has 6 heteroatoms. The van der Waals surface area contributed by atoms with Crippen molar-refractivity contribution in [3.05, 3.63) is 182 Å². The van der Waals surface area contributed by atoms with Crippen LogP contribution in [0.4, 0.5) is 0 Å². The molecule has 464 valence electrons. The summed E-state index contributed by atoms with van der Waals surface area (Å²) in [6.45, 7) is 6.31. The van der Waals surface area contributed by atoms with E-state index in [4.69, 9.17) is 14.2 Å². The lowest BCUT2D eigenvalue weighted by molar-refractivity contribution is -0.166. The summed E-state index contributed by atoms with van der Waals surface area (Å²) in [5, 5.41) is 0. The molecule has 0 amide bonds. The molecule has 1 unspecified atom stereocenters. The van der Waals surface area contributed by atoms with Crippen molar-refractivity contribution in [2.75, 3.05) is 13.2 Å². The van der Waals surface area contributed by atoms with Crippen molar-refractivity contribution < 1.29 is 28.6 Å². The molecule has 0 rings (SSSR count). The average Bonchev–Trinajstić information content (AvgIpc) is 3.49. The van der Waals surface area contributed by atoms with Crippen LogP contribution in [0.1, 0.15) is 265 Å². The first-order chi connectivity index (χ1) is 41.0. The summed E-state index contributed by atoms with van der Waals surface area (Å²) >= 11 is 0. The van der Waals surface area contributed by atoms with E-state index in [1.165, 1.54) is 77.0 Å². The zero-order valence-electron chi connectivity index (χ0n) is 53.1. The van der Waals surface area contributed by atoms with Gasteiger partial charge in [-0.2, -0.15) is 0 Å². The lowest BCUT2D eigenvalue weighted by Crippen LogP contribution is -2.30. The highest BCUT2D eigenvalue weighted by atomic mass is 16.6. The van der Waals surface area contributed by atoms with Crippen molar-refractivity contribution in [2.45, 2.75) is 271 Å².